The second-order valence-electron chi connectivity index (χ2n) is 11.2. The minimum Gasteiger partial charge on any atom is -0.385 e. The molecule has 4 aromatic carbocycles. The lowest BCUT2D eigenvalue weighted by molar-refractivity contribution is -0.0260. The summed E-state index contributed by atoms with van der Waals surface area (Å²) in [6, 6.07) is 28.9. The maximum absolute atomic E-state index is 12.9. The summed E-state index contributed by atoms with van der Waals surface area (Å²) in [6.07, 6.45) is 2.54. The van der Waals surface area contributed by atoms with Crippen LogP contribution < -0.4 is 10.6 Å². The molecule has 0 radical (unpaired) electrons. The van der Waals surface area contributed by atoms with Gasteiger partial charge in [0.2, 0.25) is 0 Å². The number of nitrogens with two attached hydrogens (primary N) is 1. The topological polar surface area (TPSA) is 93.7 Å². The molecule has 1 fully saturated rings. The Morgan fingerprint density at radius 2 is 1.43 bits per heavy atom. The largest absolute Gasteiger partial charge is 0.385 e. The number of ketones is 1. The summed E-state index contributed by atoms with van der Waals surface area (Å²) >= 11 is 5.92. The number of nitrogens with zero attached hydrogens (tertiary/aromatic N) is 2. The van der Waals surface area contributed by atoms with Crippen molar-refractivity contribution in [3.05, 3.63) is 130 Å². The number of nitrogens with one attached hydrogen (secondary N) is 1. The van der Waals surface area contributed by atoms with E-state index in [1.54, 1.807) is 4.90 Å². The van der Waals surface area contributed by atoms with Crippen LogP contribution in [0, 0.1) is 25.1 Å². The Morgan fingerprint density at radius 3 is 1.93 bits per heavy atom. The molecule has 1 saturated heterocycles. The van der Waals surface area contributed by atoms with Crippen molar-refractivity contribution in [2.45, 2.75) is 45.1 Å². The summed E-state index contributed by atoms with van der Waals surface area (Å²) in [5.74, 6) is -0.263. The predicted octanol–water partition coefficient (Wildman–Crippen LogP) is 7.76. The molecule has 0 unspecified atom stereocenters. The number of hydrogen-bond donors (Lipinski definition) is 3. The van der Waals surface area contributed by atoms with E-state index in [-0.39, 0.29) is 17.6 Å². The molecule has 0 spiro atoms. The highest BCUT2D eigenvalue weighted by Gasteiger charge is 2.33. The summed E-state index contributed by atoms with van der Waals surface area (Å²) < 4.78 is 12.9. The van der Waals surface area contributed by atoms with Crippen LogP contribution in [-0.2, 0) is 5.60 Å². The molecular weight excluding hydrogens is 575 g/mol. The van der Waals surface area contributed by atoms with Crippen molar-refractivity contribution >= 4 is 34.7 Å². The van der Waals surface area contributed by atoms with E-state index in [4.69, 9.17) is 22.7 Å². The highest BCUT2D eigenvalue weighted by atomic mass is 35.5. The monoisotopic (exact) mass is 614 g/mol. The van der Waals surface area contributed by atoms with Gasteiger partial charge in [0.1, 0.15) is 5.82 Å². The first-order valence-corrected chi connectivity index (χ1v) is 15.2. The molecule has 44 heavy (non-hydrogen) atoms. The molecule has 0 saturated carbocycles. The molecule has 0 aromatic heterocycles. The Hall–Kier alpha value is -4.04. The zero-order valence-electron chi connectivity index (χ0n) is 25.3. The molecule has 8 heteroatoms. The summed E-state index contributed by atoms with van der Waals surface area (Å²) in [4.78, 5) is 16.2. The first-order valence-electron chi connectivity index (χ1n) is 14.8. The number of piperidine rings is 1. The molecule has 0 amide bonds. The van der Waals surface area contributed by atoms with Crippen molar-refractivity contribution in [1.29, 1.82) is 5.41 Å². The van der Waals surface area contributed by atoms with Gasteiger partial charge in [-0.3, -0.25) is 15.1 Å². The van der Waals surface area contributed by atoms with Crippen LogP contribution in [-0.4, -0.2) is 41.4 Å². The Bertz CT molecular complexity index is 1510. The van der Waals surface area contributed by atoms with Gasteiger partial charge in [-0.1, -0.05) is 60.1 Å². The van der Waals surface area contributed by atoms with E-state index in [1.807, 2.05) is 86.6 Å². The van der Waals surface area contributed by atoms with E-state index in [0.717, 1.165) is 54.1 Å². The number of para-hydroxylation sites is 2. The van der Waals surface area contributed by atoms with Crippen LogP contribution in [0.2, 0.25) is 5.02 Å². The highest BCUT2D eigenvalue weighted by molar-refractivity contribution is 6.30. The van der Waals surface area contributed by atoms with Gasteiger partial charge in [-0.05, 0) is 105 Å². The fourth-order valence-electron chi connectivity index (χ4n) is 5.46. The first-order chi connectivity index (χ1) is 21.1. The number of aliphatic hydroxyl groups is 1. The van der Waals surface area contributed by atoms with Crippen LogP contribution in [0.15, 0.2) is 97.1 Å². The summed E-state index contributed by atoms with van der Waals surface area (Å²) in [5.41, 5.74) is 10.5. The Balaban J connectivity index is 0.000000215. The van der Waals surface area contributed by atoms with E-state index in [2.05, 4.69) is 4.90 Å². The highest BCUT2D eigenvalue weighted by Crippen LogP contribution is 2.33. The van der Waals surface area contributed by atoms with E-state index < -0.39 is 5.60 Å². The number of hydrogen-bond acceptors (Lipinski definition) is 4. The predicted molar refractivity (Wildman–Crippen MR) is 177 cm³/mol. The zero-order valence-corrected chi connectivity index (χ0v) is 26.0. The first kappa shape index (κ1) is 32.9. The molecule has 1 aliphatic heterocycles. The maximum Gasteiger partial charge on any atom is 0.197 e. The van der Waals surface area contributed by atoms with E-state index in [1.165, 1.54) is 24.3 Å². The summed E-state index contributed by atoms with van der Waals surface area (Å²) in [7, 11) is 0. The van der Waals surface area contributed by atoms with E-state index in [0.29, 0.717) is 29.8 Å². The lowest BCUT2D eigenvalue weighted by atomic mass is 9.84. The van der Waals surface area contributed by atoms with Gasteiger partial charge >= 0.3 is 0 Å². The third-order valence-electron chi connectivity index (χ3n) is 8.06. The quantitative estimate of drug-likeness (QED) is 0.107. The number of anilines is 2. The Kier molecular flexibility index (Phi) is 11.3. The average molecular weight is 615 g/mol. The van der Waals surface area contributed by atoms with Crippen molar-refractivity contribution in [3.63, 3.8) is 0 Å². The number of rotatable bonds is 8. The second-order valence-corrected chi connectivity index (χ2v) is 11.6. The van der Waals surface area contributed by atoms with Crippen LogP contribution in [0.4, 0.5) is 15.8 Å². The van der Waals surface area contributed by atoms with Crippen molar-refractivity contribution in [1.82, 2.24) is 4.90 Å². The van der Waals surface area contributed by atoms with Gasteiger partial charge < -0.3 is 15.7 Å². The van der Waals surface area contributed by atoms with Crippen LogP contribution in [0.25, 0.3) is 0 Å². The number of guanidine groups is 1. The fourth-order valence-corrected chi connectivity index (χ4v) is 5.58. The van der Waals surface area contributed by atoms with Crippen molar-refractivity contribution < 1.29 is 14.3 Å². The van der Waals surface area contributed by atoms with Crippen molar-refractivity contribution in [3.8, 4) is 0 Å². The standard InChI is InChI=1S/C21H23ClFNO2.C15H17N3/c22-18-7-5-17(6-8-18)21(26)11-14-24(15-12-21)13-1-2-20(25)16-3-9-19(23)10-4-16;1-11-7-3-5-9-13(11)18(15(16)17)14-10-6-4-8-12(14)2/h3-10,26H,1-2,11-15H2;3-10H,1-2H3,(H3,16,17). The normalized spacial score (nSPS) is 14.3. The Labute approximate surface area is 264 Å². The minimum absolute atomic E-state index is 0.0265. The smallest absolute Gasteiger partial charge is 0.197 e. The molecule has 1 aliphatic rings. The molecule has 0 aliphatic carbocycles. The van der Waals surface area contributed by atoms with Gasteiger partial charge in [-0.15, -0.1) is 0 Å². The van der Waals surface area contributed by atoms with Crippen molar-refractivity contribution in [2.75, 3.05) is 24.5 Å². The summed E-state index contributed by atoms with van der Waals surface area (Å²) in [6.45, 7) is 6.45. The van der Waals surface area contributed by atoms with Crippen molar-refractivity contribution in [2.24, 2.45) is 5.73 Å². The molecule has 4 N–H and O–H groups in total. The second kappa shape index (κ2) is 15.1. The third kappa shape index (κ3) is 8.53. The van der Waals surface area contributed by atoms with Gasteiger partial charge in [0.15, 0.2) is 11.7 Å². The number of benzene rings is 4. The number of carbonyl (C=O) groups is 1. The lowest BCUT2D eigenvalue weighted by Gasteiger charge is -2.38. The molecule has 230 valence electrons. The number of Topliss-reactive ketones (excluding diaryl/α,β-unsaturated/α-hetero) is 1. The third-order valence-corrected chi connectivity index (χ3v) is 8.31. The van der Waals surface area contributed by atoms with Crippen LogP contribution in [0.5, 0.6) is 0 Å². The fraction of sp³-hybridized carbons (Fsp3) is 0.278. The molecule has 0 atom stereocenters. The number of aryl methyl sites for hydroxylation is 2. The molecule has 6 nitrogen and oxygen atoms in total. The molecule has 1 heterocycles. The SMILES string of the molecule is Cc1ccccc1N(C(=N)N)c1ccccc1C.O=C(CCCN1CCC(O)(c2ccc(Cl)cc2)CC1)c1ccc(F)cc1. The number of carbonyl (C=O) groups excluding carboxylic acids is 1. The maximum atomic E-state index is 12.9. The van der Waals surface area contributed by atoms with Crippen LogP contribution in [0.3, 0.4) is 0 Å². The average Bonchev–Trinajstić information content (AvgIpc) is 3.01. The van der Waals surface area contributed by atoms with Gasteiger partial charge in [0.25, 0.3) is 0 Å². The van der Waals surface area contributed by atoms with Crippen LogP contribution >= 0.6 is 11.6 Å². The minimum atomic E-state index is -0.801. The molecule has 5 rings (SSSR count). The summed E-state index contributed by atoms with van der Waals surface area (Å²) in [5, 5.41) is 19.4. The zero-order chi connectivity index (χ0) is 31.7. The molecule has 4 aromatic rings. The van der Waals surface area contributed by atoms with Gasteiger partial charge in [0, 0.05) is 30.1 Å². The van der Waals surface area contributed by atoms with Gasteiger partial charge in [-0.2, -0.15) is 0 Å². The lowest BCUT2D eigenvalue weighted by Crippen LogP contribution is -2.42. The number of halogens is 2. The van der Waals surface area contributed by atoms with E-state index in [9.17, 15) is 14.3 Å². The van der Waals surface area contributed by atoms with Crippen LogP contribution in [0.1, 0.15) is 52.7 Å². The number of likely N-dealkylation sites (tertiary alicyclic amines) is 1. The molecular formula is C36H40ClFN4O2. The van der Waals surface area contributed by atoms with Gasteiger partial charge in [-0.25, -0.2) is 4.39 Å². The van der Waals surface area contributed by atoms with E-state index >= 15 is 0 Å². The van der Waals surface area contributed by atoms with Gasteiger partial charge in [0.05, 0.1) is 17.0 Å². The Morgan fingerprint density at radius 1 is 0.909 bits per heavy atom. The molecule has 0 bridgehead atoms.